The molecule has 1 aliphatic heterocycles. The Morgan fingerprint density at radius 3 is 2.58 bits per heavy atom. The van der Waals surface area contributed by atoms with E-state index in [0.29, 0.717) is 24.1 Å². The SMILES string of the molecule is CC(C)(C)C1CCC2(CC1)CC(C(=O)NCc1ccncc1)=NO2. The summed E-state index contributed by atoms with van der Waals surface area (Å²) in [7, 11) is 0. The monoisotopic (exact) mass is 329 g/mol. The molecule has 5 nitrogen and oxygen atoms in total. The van der Waals surface area contributed by atoms with Crippen LogP contribution >= 0.6 is 0 Å². The van der Waals surface area contributed by atoms with E-state index in [0.717, 1.165) is 37.2 Å². The van der Waals surface area contributed by atoms with E-state index in [1.54, 1.807) is 12.4 Å². The lowest BCUT2D eigenvalue weighted by molar-refractivity contribution is -0.115. The van der Waals surface area contributed by atoms with Gasteiger partial charge in [0, 0.05) is 25.4 Å². The fraction of sp³-hybridized carbons (Fsp3) is 0.632. The molecule has 1 aliphatic carbocycles. The summed E-state index contributed by atoms with van der Waals surface area (Å²) in [6.07, 6.45) is 8.34. The number of oxime groups is 1. The van der Waals surface area contributed by atoms with Gasteiger partial charge in [-0.3, -0.25) is 9.78 Å². The number of nitrogens with zero attached hydrogens (tertiary/aromatic N) is 2. The Morgan fingerprint density at radius 2 is 1.96 bits per heavy atom. The van der Waals surface area contributed by atoms with E-state index in [-0.39, 0.29) is 11.5 Å². The minimum Gasteiger partial charge on any atom is -0.388 e. The van der Waals surface area contributed by atoms with Crippen molar-refractivity contribution >= 4 is 11.6 Å². The molecule has 5 heteroatoms. The van der Waals surface area contributed by atoms with Crippen molar-refractivity contribution in [3.63, 3.8) is 0 Å². The standard InChI is InChI=1S/C19H27N3O2/c1-18(2,3)15-4-8-19(9-5-15)12-16(22-24-19)17(23)21-13-14-6-10-20-11-7-14/h6-7,10-11,15H,4-5,8-9,12-13H2,1-3H3,(H,21,23). The lowest BCUT2D eigenvalue weighted by atomic mass is 9.67. The minimum absolute atomic E-state index is 0.123. The Labute approximate surface area is 143 Å². The van der Waals surface area contributed by atoms with Crippen molar-refractivity contribution in [1.29, 1.82) is 0 Å². The zero-order chi connectivity index (χ0) is 17.2. The summed E-state index contributed by atoms with van der Waals surface area (Å²) in [6, 6.07) is 3.78. The van der Waals surface area contributed by atoms with E-state index >= 15 is 0 Å². The molecular weight excluding hydrogens is 302 g/mol. The van der Waals surface area contributed by atoms with Crippen LogP contribution in [-0.2, 0) is 16.2 Å². The molecule has 0 bridgehead atoms. The summed E-state index contributed by atoms with van der Waals surface area (Å²) in [6.45, 7) is 7.40. The van der Waals surface area contributed by atoms with Crippen molar-refractivity contribution in [2.24, 2.45) is 16.5 Å². The van der Waals surface area contributed by atoms with Gasteiger partial charge >= 0.3 is 0 Å². The molecule has 2 aliphatic rings. The molecule has 1 fully saturated rings. The molecule has 3 rings (SSSR count). The van der Waals surface area contributed by atoms with Gasteiger partial charge in [-0.05, 0) is 54.7 Å². The summed E-state index contributed by atoms with van der Waals surface area (Å²) in [5.74, 6) is 0.595. The van der Waals surface area contributed by atoms with Gasteiger partial charge in [-0.2, -0.15) is 0 Å². The van der Waals surface area contributed by atoms with Crippen LogP contribution in [0, 0.1) is 11.3 Å². The van der Waals surface area contributed by atoms with Gasteiger partial charge in [0.2, 0.25) is 0 Å². The molecule has 1 saturated carbocycles. The molecule has 2 heterocycles. The summed E-state index contributed by atoms with van der Waals surface area (Å²) in [4.78, 5) is 22.0. The maximum atomic E-state index is 12.3. The van der Waals surface area contributed by atoms with Crippen molar-refractivity contribution in [3.05, 3.63) is 30.1 Å². The second-order valence-electron chi connectivity index (χ2n) is 8.17. The molecule has 0 radical (unpaired) electrons. The number of carbonyl (C=O) groups excluding carboxylic acids is 1. The van der Waals surface area contributed by atoms with Crippen LogP contribution in [0.2, 0.25) is 0 Å². The molecule has 0 aromatic carbocycles. The van der Waals surface area contributed by atoms with E-state index in [2.05, 4.69) is 36.2 Å². The molecule has 0 saturated heterocycles. The first-order chi connectivity index (χ1) is 11.4. The third-order valence-electron chi connectivity index (χ3n) is 5.43. The first kappa shape index (κ1) is 16.9. The van der Waals surface area contributed by atoms with Gasteiger partial charge < -0.3 is 10.2 Å². The first-order valence-corrected chi connectivity index (χ1v) is 8.80. The van der Waals surface area contributed by atoms with Crippen LogP contribution in [0.5, 0.6) is 0 Å². The van der Waals surface area contributed by atoms with Crippen LogP contribution in [0.25, 0.3) is 0 Å². The molecule has 1 aromatic rings. The third kappa shape index (κ3) is 3.77. The van der Waals surface area contributed by atoms with Crippen molar-refractivity contribution in [2.75, 3.05) is 0 Å². The summed E-state index contributed by atoms with van der Waals surface area (Å²) < 4.78 is 0. The molecule has 1 spiro atoms. The van der Waals surface area contributed by atoms with Crippen molar-refractivity contribution in [2.45, 2.75) is 65.0 Å². The van der Waals surface area contributed by atoms with Crippen LogP contribution in [-0.4, -0.2) is 22.2 Å². The molecule has 130 valence electrons. The zero-order valence-corrected chi connectivity index (χ0v) is 14.8. The lowest BCUT2D eigenvalue weighted by Gasteiger charge is -2.40. The molecule has 0 unspecified atom stereocenters. The van der Waals surface area contributed by atoms with Gasteiger partial charge in [-0.25, -0.2) is 0 Å². The Kier molecular flexibility index (Phi) is 4.61. The summed E-state index contributed by atoms with van der Waals surface area (Å²) in [5, 5.41) is 7.02. The predicted molar refractivity (Wildman–Crippen MR) is 93.4 cm³/mol. The van der Waals surface area contributed by atoms with E-state index in [1.165, 1.54) is 0 Å². The number of pyridine rings is 1. The van der Waals surface area contributed by atoms with Gasteiger partial charge in [-0.15, -0.1) is 0 Å². The second kappa shape index (κ2) is 6.54. The second-order valence-corrected chi connectivity index (χ2v) is 8.17. The largest absolute Gasteiger partial charge is 0.388 e. The van der Waals surface area contributed by atoms with E-state index in [4.69, 9.17) is 4.84 Å². The Bertz CT molecular complexity index is 611. The van der Waals surface area contributed by atoms with Crippen LogP contribution in [0.3, 0.4) is 0 Å². The highest BCUT2D eigenvalue weighted by Crippen LogP contribution is 2.45. The molecule has 1 N–H and O–H groups in total. The topological polar surface area (TPSA) is 63.6 Å². The molecular formula is C19H27N3O2. The number of hydrogen-bond donors (Lipinski definition) is 1. The van der Waals surface area contributed by atoms with Gasteiger partial charge in [0.25, 0.3) is 5.91 Å². The first-order valence-electron chi connectivity index (χ1n) is 8.80. The van der Waals surface area contributed by atoms with Gasteiger partial charge in [-0.1, -0.05) is 25.9 Å². The lowest BCUT2D eigenvalue weighted by Crippen LogP contribution is -2.39. The van der Waals surface area contributed by atoms with Crippen LogP contribution in [0.4, 0.5) is 0 Å². The highest BCUT2D eigenvalue weighted by molar-refractivity contribution is 6.39. The number of carbonyl (C=O) groups is 1. The maximum Gasteiger partial charge on any atom is 0.269 e. The highest BCUT2D eigenvalue weighted by atomic mass is 16.7. The number of hydrogen-bond acceptors (Lipinski definition) is 4. The zero-order valence-electron chi connectivity index (χ0n) is 14.8. The van der Waals surface area contributed by atoms with E-state index in [9.17, 15) is 4.79 Å². The number of nitrogens with one attached hydrogen (secondary N) is 1. The Balaban J connectivity index is 1.51. The summed E-state index contributed by atoms with van der Waals surface area (Å²) in [5.41, 5.74) is 1.65. The van der Waals surface area contributed by atoms with Crippen LogP contribution in [0.15, 0.2) is 29.7 Å². The predicted octanol–water partition coefficient (Wildman–Crippen LogP) is 3.45. The van der Waals surface area contributed by atoms with Crippen LogP contribution in [0.1, 0.15) is 58.4 Å². The van der Waals surface area contributed by atoms with Gasteiger partial charge in [0.15, 0.2) is 0 Å². The van der Waals surface area contributed by atoms with Gasteiger partial charge in [0.1, 0.15) is 11.3 Å². The summed E-state index contributed by atoms with van der Waals surface area (Å²) >= 11 is 0. The molecule has 1 amide bonds. The van der Waals surface area contributed by atoms with Crippen molar-refractivity contribution < 1.29 is 9.63 Å². The Morgan fingerprint density at radius 1 is 1.29 bits per heavy atom. The van der Waals surface area contributed by atoms with E-state index < -0.39 is 0 Å². The third-order valence-corrected chi connectivity index (χ3v) is 5.43. The smallest absolute Gasteiger partial charge is 0.269 e. The molecule has 1 aromatic heterocycles. The maximum absolute atomic E-state index is 12.3. The minimum atomic E-state index is -0.245. The quantitative estimate of drug-likeness (QED) is 0.924. The average molecular weight is 329 g/mol. The van der Waals surface area contributed by atoms with Crippen LogP contribution < -0.4 is 5.32 Å². The number of aromatic nitrogens is 1. The number of amides is 1. The fourth-order valence-corrected chi connectivity index (χ4v) is 3.71. The normalized spacial score (nSPS) is 26.8. The average Bonchev–Trinajstić information content (AvgIpc) is 2.97. The number of rotatable bonds is 3. The van der Waals surface area contributed by atoms with Crippen molar-refractivity contribution in [3.8, 4) is 0 Å². The van der Waals surface area contributed by atoms with Gasteiger partial charge in [0.05, 0.1) is 0 Å². The molecule has 0 atom stereocenters. The fourth-order valence-electron chi connectivity index (χ4n) is 3.71. The Hall–Kier alpha value is -1.91. The molecule has 24 heavy (non-hydrogen) atoms. The van der Waals surface area contributed by atoms with E-state index in [1.807, 2.05) is 12.1 Å². The highest BCUT2D eigenvalue weighted by Gasteiger charge is 2.45. The van der Waals surface area contributed by atoms with Crippen molar-refractivity contribution in [1.82, 2.24) is 10.3 Å².